The summed E-state index contributed by atoms with van der Waals surface area (Å²) in [6, 6.07) is 3.05. The van der Waals surface area contributed by atoms with Crippen molar-refractivity contribution in [3.05, 3.63) is 39.4 Å². The highest BCUT2D eigenvalue weighted by Gasteiger charge is 2.29. The van der Waals surface area contributed by atoms with Gasteiger partial charge in [-0.25, -0.2) is 8.78 Å². The van der Waals surface area contributed by atoms with Crippen LogP contribution in [0.2, 0.25) is 0 Å². The third-order valence-electron chi connectivity index (χ3n) is 3.43. The van der Waals surface area contributed by atoms with Crippen LogP contribution < -0.4 is 0 Å². The van der Waals surface area contributed by atoms with Crippen molar-refractivity contribution in [1.29, 1.82) is 5.26 Å². The molecule has 1 heterocycles. The molecule has 0 unspecified atom stereocenters. The van der Waals surface area contributed by atoms with Gasteiger partial charge in [0.1, 0.15) is 5.56 Å². The van der Waals surface area contributed by atoms with E-state index in [-0.39, 0.29) is 19.0 Å². The molecule has 0 spiro atoms. The zero-order valence-corrected chi connectivity index (χ0v) is 10.9. The number of piperidine rings is 1. The van der Waals surface area contributed by atoms with Crippen molar-refractivity contribution in [3.8, 4) is 6.07 Å². The van der Waals surface area contributed by atoms with E-state index in [4.69, 9.17) is 5.26 Å². The molecule has 0 saturated carbocycles. The Morgan fingerprint density at radius 1 is 1.33 bits per heavy atom. The van der Waals surface area contributed by atoms with Gasteiger partial charge in [-0.1, -0.05) is 0 Å². The van der Waals surface area contributed by atoms with Crippen LogP contribution in [0.5, 0.6) is 0 Å². The predicted molar refractivity (Wildman–Crippen MR) is 67.3 cm³/mol. The van der Waals surface area contributed by atoms with E-state index in [1.807, 2.05) is 0 Å². The van der Waals surface area contributed by atoms with Gasteiger partial charge in [0, 0.05) is 19.0 Å². The lowest BCUT2D eigenvalue weighted by Gasteiger charge is -2.29. The summed E-state index contributed by atoms with van der Waals surface area (Å²) in [5.74, 6) is -3.57. The standard InChI is InChI=1S/C13H11F2N3O3/c14-10-5-9(12(18(20)21)6-11(10)15)13(19)17-3-1-8(7-16)2-4-17/h5-6,8H,1-4H2. The first-order valence-electron chi connectivity index (χ1n) is 6.26. The molecule has 21 heavy (non-hydrogen) atoms. The van der Waals surface area contributed by atoms with Gasteiger partial charge in [-0.3, -0.25) is 14.9 Å². The molecular weight excluding hydrogens is 284 g/mol. The van der Waals surface area contributed by atoms with Crippen LogP contribution in [-0.4, -0.2) is 28.8 Å². The molecule has 1 aromatic rings. The number of nitriles is 1. The number of carbonyl (C=O) groups is 1. The van der Waals surface area contributed by atoms with Gasteiger partial charge in [-0.2, -0.15) is 5.26 Å². The summed E-state index contributed by atoms with van der Waals surface area (Å²) < 4.78 is 26.3. The Balaban J connectivity index is 2.29. The van der Waals surface area contributed by atoms with Crippen LogP contribution in [0.1, 0.15) is 23.2 Å². The first kappa shape index (κ1) is 14.8. The van der Waals surface area contributed by atoms with Crippen LogP contribution in [0.4, 0.5) is 14.5 Å². The van der Waals surface area contributed by atoms with Gasteiger partial charge in [0.25, 0.3) is 11.6 Å². The van der Waals surface area contributed by atoms with Crippen LogP contribution in [0.3, 0.4) is 0 Å². The number of hydrogen-bond acceptors (Lipinski definition) is 4. The van der Waals surface area contributed by atoms with Gasteiger partial charge in [0.15, 0.2) is 11.6 Å². The average Bonchev–Trinajstić information content (AvgIpc) is 2.48. The highest BCUT2D eigenvalue weighted by molar-refractivity contribution is 5.98. The molecule has 0 radical (unpaired) electrons. The number of likely N-dealkylation sites (tertiary alicyclic amines) is 1. The molecule has 2 rings (SSSR count). The maximum atomic E-state index is 13.3. The van der Waals surface area contributed by atoms with Crippen molar-refractivity contribution >= 4 is 11.6 Å². The Morgan fingerprint density at radius 3 is 2.43 bits per heavy atom. The normalized spacial score (nSPS) is 15.6. The van der Waals surface area contributed by atoms with E-state index >= 15 is 0 Å². The number of halogens is 2. The molecule has 8 heteroatoms. The quantitative estimate of drug-likeness (QED) is 0.618. The number of rotatable bonds is 2. The van der Waals surface area contributed by atoms with Crippen molar-refractivity contribution in [2.75, 3.05) is 13.1 Å². The summed E-state index contributed by atoms with van der Waals surface area (Å²) in [5.41, 5.74) is -1.24. The maximum absolute atomic E-state index is 13.3. The first-order chi connectivity index (χ1) is 9.93. The lowest BCUT2D eigenvalue weighted by atomic mass is 9.98. The Labute approximate surface area is 118 Å². The topological polar surface area (TPSA) is 87.2 Å². The zero-order valence-electron chi connectivity index (χ0n) is 10.9. The SMILES string of the molecule is N#CC1CCN(C(=O)c2cc(F)c(F)cc2[N+](=O)[O-])CC1. The zero-order chi connectivity index (χ0) is 15.6. The minimum atomic E-state index is -1.37. The van der Waals surface area contributed by atoms with Gasteiger partial charge in [0.05, 0.1) is 17.1 Å². The number of amides is 1. The number of carbonyl (C=O) groups excluding carboxylic acids is 1. The summed E-state index contributed by atoms with van der Waals surface area (Å²) in [6.07, 6.45) is 0.916. The number of hydrogen-bond donors (Lipinski definition) is 0. The van der Waals surface area contributed by atoms with Crippen LogP contribution in [0, 0.1) is 39.0 Å². The van der Waals surface area contributed by atoms with Gasteiger partial charge in [-0.15, -0.1) is 0 Å². The summed E-state index contributed by atoms with van der Waals surface area (Å²) in [6.45, 7) is 0.514. The third-order valence-corrected chi connectivity index (χ3v) is 3.43. The van der Waals surface area contributed by atoms with Crippen LogP contribution in [0.25, 0.3) is 0 Å². The van der Waals surface area contributed by atoms with E-state index < -0.39 is 33.7 Å². The van der Waals surface area contributed by atoms with E-state index in [9.17, 15) is 23.7 Å². The van der Waals surface area contributed by atoms with Crippen molar-refractivity contribution in [2.24, 2.45) is 5.92 Å². The second-order valence-electron chi connectivity index (χ2n) is 4.74. The fourth-order valence-electron chi connectivity index (χ4n) is 2.24. The Kier molecular flexibility index (Phi) is 4.12. The van der Waals surface area contributed by atoms with Crippen molar-refractivity contribution in [2.45, 2.75) is 12.8 Å². The summed E-state index contributed by atoms with van der Waals surface area (Å²) >= 11 is 0. The highest BCUT2D eigenvalue weighted by Crippen LogP contribution is 2.25. The van der Waals surface area contributed by atoms with E-state index in [1.54, 1.807) is 0 Å². The summed E-state index contributed by atoms with van der Waals surface area (Å²) in [5, 5.41) is 19.7. The smallest absolute Gasteiger partial charge is 0.285 e. The summed E-state index contributed by atoms with van der Waals surface area (Å²) in [7, 11) is 0. The van der Waals surface area contributed by atoms with Gasteiger partial charge < -0.3 is 4.90 Å². The third kappa shape index (κ3) is 2.97. The minimum Gasteiger partial charge on any atom is -0.338 e. The monoisotopic (exact) mass is 295 g/mol. The maximum Gasteiger partial charge on any atom is 0.285 e. The second-order valence-corrected chi connectivity index (χ2v) is 4.74. The first-order valence-corrected chi connectivity index (χ1v) is 6.26. The number of nitro groups is 1. The summed E-state index contributed by atoms with van der Waals surface area (Å²) in [4.78, 5) is 23.5. The van der Waals surface area contributed by atoms with Gasteiger partial charge in [0.2, 0.25) is 0 Å². The Hall–Kier alpha value is -2.56. The second kappa shape index (κ2) is 5.83. The molecule has 1 saturated heterocycles. The number of benzene rings is 1. The molecule has 0 aliphatic carbocycles. The number of nitro benzene ring substituents is 1. The van der Waals surface area contributed by atoms with E-state index in [0.717, 1.165) is 0 Å². The molecule has 1 fully saturated rings. The molecule has 1 aliphatic rings. The molecule has 0 aromatic heterocycles. The molecule has 0 atom stereocenters. The fourth-order valence-corrected chi connectivity index (χ4v) is 2.24. The molecule has 1 aliphatic heterocycles. The largest absolute Gasteiger partial charge is 0.338 e. The van der Waals surface area contributed by atoms with Crippen molar-refractivity contribution in [1.82, 2.24) is 4.90 Å². The lowest BCUT2D eigenvalue weighted by Crippen LogP contribution is -2.38. The predicted octanol–water partition coefficient (Wildman–Crippen LogP) is 2.25. The highest BCUT2D eigenvalue weighted by atomic mass is 19.2. The molecule has 0 N–H and O–H groups in total. The molecule has 110 valence electrons. The van der Waals surface area contributed by atoms with Gasteiger partial charge >= 0.3 is 0 Å². The molecule has 1 amide bonds. The van der Waals surface area contributed by atoms with Crippen molar-refractivity contribution < 1.29 is 18.5 Å². The van der Waals surface area contributed by atoms with E-state index in [2.05, 4.69) is 6.07 Å². The molecule has 1 aromatic carbocycles. The van der Waals surface area contributed by atoms with E-state index in [0.29, 0.717) is 25.0 Å². The molecular formula is C13H11F2N3O3. The van der Waals surface area contributed by atoms with Crippen LogP contribution in [-0.2, 0) is 0 Å². The number of nitrogens with zero attached hydrogens (tertiary/aromatic N) is 3. The van der Waals surface area contributed by atoms with Gasteiger partial charge in [-0.05, 0) is 18.9 Å². The molecule has 6 nitrogen and oxygen atoms in total. The van der Waals surface area contributed by atoms with Crippen LogP contribution in [0.15, 0.2) is 12.1 Å². The Morgan fingerprint density at radius 2 is 1.90 bits per heavy atom. The lowest BCUT2D eigenvalue weighted by molar-refractivity contribution is -0.385. The molecule has 0 bridgehead atoms. The van der Waals surface area contributed by atoms with Crippen molar-refractivity contribution in [3.63, 3.8) is 0 Å². The fraction of sp³-hybridized carbons (Fsp3) is 0.385. The van der Waals surface area contributed by atoms with Crippen LogP contribution >= 0.6 is 0 Å². The Bertz CT molecular complexity index is 634. The average molecular weight is 295 g/mol. The minimum absolute atomic E-state index is 0.158. The van der Waals surface area contributed by atoms with E-state index in [1.165, 1.54) is 4.90 Å².